The molecule has 0 bridgehead atoms. The lowest BCUT2D eigenvalue weighted by Crippen LogP contribution is -2.23. The standard InChI is InChI=1S/C12H10F4O3/c1-10-4-11(10,5-17)7-2-6(18-12(14,15)16)3-8(13)9(7)19-10/h2-3,17H,4-5H2,1H3. The third-order valence-corrected chi connectivity index (χ3v) is 3.89. The van der Waals surface area contributed by atoms with Crippen molar-refractivity contribution in [3.05, 3.63) is 23.5 Å². The quantitative estimate of drug-likeness (QED) is 0.845. The van der Waals surface area contributed by atoms with Crippen molar-refractivity contribution in [3.63, 3.8) is 0 Å². The van der Waals surface area contributed by atoms with Crippen LogP contribution in [0, 0.1) is 5.82 Å². The maximum Gasteiger partial charge on any atom is 0.573 e. The maximum atomic E-state index is 13.7. The number of fused-ring (bicyclic) bond motifs is 3. The van der Waals surface area contributed by atoms with E-state index in [9.17, 15) is 22.7 Å². The fraction of sp³-hybridized carbons (Fsp3) is 0.500. The van der Waals surface area contributed by atoms with Crippen LogP contribution < -0.4 is 9.47 Å². The molecular weight excluding hydrogens is 268 g/mol. The van der Waals surface area contributed by atoms with Crippen LogP contribution in [0.1, 0.15) is 18.9 Å². The van der Waals surface area contributed by atoms with E-state index in [-0.39, 0.29) is 17.9 Å². The minimum absolute atomic E-state index is 0.0997. The van der Waals surface area contributed by atoms with Crippen LogP contribution >= 0.6 is 0 Å². The van der Waals surface area contributed by atoms with Crippen molar-refractivity contribution in [1.29, 1.82) is 0 Å². The molecule has 0 aromatic heterocycles. The van der Waals surface area contributed by atoms with Gasteiger partial charge in [0.1, 0.15) is 11.4 Å². The summed E-state index contributed by atoms with van der Waals surface area (Å²) in [5.41, 5.74) is -1.34. The van der Waals surface area contributed by atoms with E-state index >= 15 is 0 Å². The molecule has 7 heteroatoms. The molecule has 0 saturated heterocycles. The number of hydrogen-bond donors (Lipinski definition) is 1. The number of halogens is 4. The Morgan fingerprint density at radius 2 is 2.11 bits per heavy atom. The summed E-state index contributed by atoms with van der Waals surface area (Å²) >= 11 is 0. The largest absolute Gasteiger partial charge is 0.573 e. The second kappa shape index (κ2) is 3.33. The van der Waals surface area contributed by atoms with Gasteiger partial charge in [-0.3, -0.25) is 0 Å². The zero-order valence-corrected chi connectivity index (χ0v) is 9.84. The van der Waals surface area contributed by atoms with Crippen LogP contribution in [-0.2, 0) is 5.41 Å². The fourth-order valence-corrected chi connectivity index (χ4v) is 2.80. The van der Waals surface area contributed by atoms with Crippen LogP contribution in [0.25, 0.3) is 0 Å². The lowest BCUT2D eigenvalue weighted by Gasteiger charge is -2.13. The molecule has 1 aromatic carbocycles. The molecule has 0 amide bonds. The van der Waals surface area contributed by atoms with Gasteiger partial charge in [0.15, 0.2) is 11.6 Å². The Kier molecular flexibility index (Phi) is 2.20. The van der Waals surface area contributed by atoms with Gasteiger partial charge in [-0.2, -0.15) is 0 Å². The smallest absolute Gasteiger partial charge is 0.483 e. The van der Waals surface area contributed by atoms with Crippen molar-refractivity contribution in [2.75, 3.05) is 6.61 Å². The highest BCUT2D eigenvalue weighted by atomic mass is 19.4. The van der Waals surface area contributed by atoms with Crippen LogP contribution in [-0.4, -0.2) is 23.7 Å². The van der Waals surface area contributed by atoms with Crippen molar-refractivity contribution in [3.8, 4) is 11.5 Å². The molecule has 19 heavy (non-hydrogen) atoms. The molecule has 1 fully saturated rings. The molecule has 3 nitrogen and oxygen atoms in total. The van der Waals surface area contributed by atoms with Gasteiger partial charge in [0.2, 0.25) is 0 Å². The average molecular weight is 278 g/mol. The summed E-state index contributed by atoms with van der Waals surface area (Å²) < 4.78 is 59.3. The highest BCUT2D eigenvalue weighted by Crippen LogP contribution is 2.67. The zero-order chi connectivity index (χ0) is 14.1. The maximum absolute atomic E-state index is 13.7. The summed E-state index contributed by atoms with van der Waals surface area (Å²) in [4.78, 5) is 0. The van der Waals surface area contributed by atoms with Crippen LogP contribution in [0.2, 0.25) is 0 Å². The minimum Gasteiger partial charge on any atom is -0.483 e. The second-order valence-corrected chi connectivity index (χ2v) is 5.08. The van der Waals surface area contributed by atoms with Crippen molar-refractivity contribution in [2.24, 2.45) is 0 Å². The Bertz CT molecular complexity index is 557. The molecule has 1 heterocycles. The first-order valence-electron chi connectivity index (χ1n) is 5.60. The van der Waals surface area contributed by atoms with Crippen molar-refractivity contribution < 1.29 is 32.1 Å². The van der Waals surface area contributed by atoms with E-state index in [1.54, 1.807) is 6.92 Å². The number of alkyl halides is 3. The van der Waals surface area contributed by atoms with E-state index in [1.807, 2.05) is 0 Å². The van der Waals surface area contributed by atoms with E-state index in [1.165, 1.54) is 0 Å². The summed E-state index contributed by atoms with van der Waals surface area (Å²) in [5.74, 6) is -1.66. The molecule has 2 aliphatic rings. The second-order valence-electron chi connectivity index (χ2n) is 5.08. The van der Waals surface area contributed by atoms with E-state index < -0.39 is 28.9 Å². The summed E-state index contributed by atoms with van der Waals surface area (Å²) in [5, 5.41) is 9.43. The molecule has 0 radical (unpaired) electrons. The Morgan fingerprint density at radius 1 is 1.42 bits per heavy atom. The predicted octanol–water partition coefficient (Wildman–Crippen LogP) is 2.51. The first kappa shape index (κ1) is 12.5. The summed E-state index contributed by atoms with van der Waals surface area (Å²) in [6, 6.07) is 1.71. The Labute approximate surface area is 105 Å². The topological polar surface area (TPSA) is 38.7 Å². The van der Waals surface area contributed by atoms with Crippen LogP contribution in [0.3, 0.4) is 0 Å². The van der Waals surface area contributed by atoms with E-state index in [0.29, 0.717) is 12.5 Å². The number of hydrogen-bond acceptors (Lipinski definition) is 3. The van der Waals surface area contributed by atoms with E-state index in [4.69, 9.17) is 4.74 Å². The van der Waals surface area contributed by atoms with Gasteiger partial charge < -0.3 is 14.6 Å². The number of ether oxygens (including phenoxy) is 2. The minimum atomic E-state index is -4.89. The molecule has 0 spiro atoms. The molecule has 1 aliphatic heterocycles. The summed E-state index contributed by atoms with van der Waals surface area (Å²) in [6.45, 7) is 1.37. The number of aliphatic hydroxyl groups excluding tert-OH is 1. The molecular formula is C12H10F4O3. The third kappa shape index (κ3) is 1.60. The van der Waals surface area contributed by atoms with Crippen LogP contribution in [0.5, 0.6) is 11.5 Å². The third-order valence-electron chi connectivity index (χ3n) is 3.89. The van der Waals surface area contributed by atoms with E-state index in [0.717, 1.165) is 6.07 Å². The first-order valence-corrected chi connectivity index (χ1v) is 5.60. The monoisotopic (exact) mass is 278 g/mol. The summed E-state index contributed by atoms with van der Waals surface area (Å²) in [6.07, 6.45) is -4.45. The Hall–Kier alpha value is -1.50. The van der Waals surface area contributed by atoms with Gasteiger partial charge in [0.25, 0.3) is 0 Å². The Balaban J connectivity index is 2.06. The van der Waals surface area contributed by atoms with Crippen LogP contribution in [0.4, 0.5) is 17.6 Å². The van der Waals surface area contributed by atoms with Gasteiger partial charge in [-0.1, -0.05) is 0 Å². The number of aliphatic hydroxyl groups is 1. The molecule has 3 rings (SSSR count). The first-order chi connectivity index (χ1) is 8.71. The number of benzene rings is 1. The van der Waals surface area contributed by atoms with Crippen molar-refractivity contribution in [2.45, 2.75) is 30.7 Å². The molecule has 2 unspecified atom stereocenters. The van der Waals surface area contributed by atoms with E-state index in [2.05, 4.69) is 4.74 Å². The lowest BCUT2D eigenvalue weighted by atomic mass is 9.94. The van der Waals surface area contributed by atoms with Crippen LogP contribution in [0.15, 0.2) is 12.1 Å². The summed E-state index contributed by atoms with van der Waals surface area (Å²) in [7, 11) is 0. The van der Waals surface area contributed by atoms with Gasteiger partial charge >= 0.3 is 6.36 Å². The normalized spacial score (nSPS) is 31.5. The van der Waals surface area contributed by atoms with Gasteiger partial charge in [0, 0.05) is 18.1 Å². The number of rotatable bonds is 2. The fourth-order valence-electron chi connectivity index (χ4n) is 2.80. The van der Waals surface area contributed by atoms with Gasteiger partial charge in [-0.25, -0.2) is 4.39 Å². The molecule has 1 aromatic rings. The van der Waals surface area contributed by atoms with Crippen molar-refractivity contribution in [1.82, 2.24) is 0 Å². The highest BCUT2D eigenvalue weighted by molar-refractivity contribution is 5.57. The molecule has 1 saturated carbocycles. The van der Waals surface area contributed by atoms with Crippen molar-refractivity contribution >= 4 is 0 Å². The molecule has 1 aliphatic carbocycles. The zero-order valence-electron chi connectivity index (χ0n) is 9.84. The predicted molar refractivity (Wildman–Crippen MR) is 55.5 cm³/mol. The molecule has 104 valence electrons. The highest BCUT2D eigenvalue weighted by Gasteiger charge is 2.73. The van der Waals surface area contributed by atoms with Gasteiger partial charge in [-0.15, -0.1) is 13.2 Å². The van der Waals surface area contributed by atoms with Gasteiger partial charge in [0.05, 0.1) is 12.0 Å². The SMILES string of the molecule is CC12CC1(CO)c1cc(OC(F)(F)F)cc(F)c1O2. The Morgan fingerprint density at radius 3 is 2.68 bits per heavy atom. The molecule has 1 N–H and O–H groups in total. The van der Waals surface area contributed by atoms with Gasteiger partial charge in [-0.05, 0) is 13.0 Å². The average Bonchev–Trinajstić information content (AvgIpc) is 2.79. The lowest BCUT2D eigenvalue weighted by molar-refractivity contribution is -0.274. The molecule has 2 atom stereocenters.